The zero-order valence-electron chi connectivity index (χ0n) is 8.51. The first-order valence-corrected chi connectivity index (χ1v) is 4.89. The summed E-state index contributed by atoms with van der Waals surface area (Å²) in [6.07, 6.45) is 0.697. The third-order valence-corrected chi connectivity index (χ3v) is 2.55. The monoisotopic (exact) mass is 211 g/mol. The van der Waals surface area contributed by atoms with Crippen LogP contribution in [0, 0.1) is 12.8 Å². The number of likely N-dealkylation sites (tertiary alicyclic amines) is 1. The van der Waals surface area contributed by atoms with Crippen LogP contribution in [0.15, 0.2) is 4.52 Å². The van der Waals surface area contributed by atoms with Crippen LogP contribution in [0.3, 0.4) is 0 Å². The zero-order valence-corrected chi connectivity index (χ0v) is 8.51. The molecule has 0 spiro atoms. The van der Waals surface area contributed by atoms with Gasteiger partial charge in [-0.1, -0.05) is 5.16 Å². The molecule has 1 unspecified atom stereocenters. The number of nitrogens with zero attached hydrogens (tertiary/aromatic N) is 3. The number of aryl methyl sites for hydroxylation is 1. The van der Waals surface area contributed by atoms with Gasteiger partial charge in [-0.2, -0.15) is 4.98 Å². The van der Waals surface area contributed by atoms with Crippen LogP contribution in [-0.4, -0.2) is 39.2 Å². The maximum atomic E-state index is 10.7. The fraction of sp³-hybridized carbons (Fsp3) is 0.667. The quantitative estimate of drug-likeness (QED) is 0.773. The number of aliphatic carboxylic acids is 1. The number of rotatable bonds is 3. The lowest BCUT2D eigenvalue weighted by molar-refractivity contribution is -0.141. The molecule has 1 saturated heterocycles. The molecule has 15 heavy (non-hydrogen) atoms. The Morgan fingerprint density at radius 1 is 1.73 bits per heavy atom. The Morgan fingerprint density at radius 3 is 3.07 bits per heavy atom. The minimum Gasteiger partial charge on any atom is -0.481 e. The van der Waals surface area contributed by atoms with Crippen LogP contribution in [0.4, 0.5) is 0 Å². The van der Waals surface area contributed by atoms with E-state index in [4.69, 9.17) is 9.63 Å². The first kappa shape index (κ1) is 10.1. The van der Waals surface area contributed by atoms with Crippen LogP contribution in [0.5, 0.6) is 0 Å². The molecule has 1 aromatic heterocycles. The molecule has 82 valence electrons. The Balaban J connectivity index is 1.90. The SMILES string of the molecule is Cc1noc(CN2CCC(C(=O)O)C2)n1. The van der Waals surface area contributed by atoms with E-state index in [0.29, 0.717) is 31.2 Å². The zero-order chi connectivity index (χ0) is 10.8. The van der Waals surface area contributed by atoms with E-state index in [9.17, 15) is 4.79 Å². The normalized spacial score (nSPS) is 22.1. The van der Waals surface area contributed by atoms with E-state index in [0.717, 1.165) is 6.54 Å². The smallest absolute Gasteiger partial charge is 0.307 e. The van der Waals surface area contributed by atoms with Gasteiger partial charge in [0.2, 0.25) is 5.89 Å². The van der Waals surface area contributed by atoms with Gasteiger partial charge in [0.15, 0.2) is 5.82 Å². The minimum atomic E-state index is -0.723. The molecule has 1 N–H and O–H groups in total. The van der Waals surface area contributed by atoms with Crippen molar-refractivity contribution in [1.29, 1.82) is 0 Å². The van der Waals surface area contributed by atoms with Gasteiger partial charge in [-0.3, -0.25) is 9.69 Å². The van der Waals surface area contributed by atoms with E-state index in [1.165, 1.54) is 0 Å². The molecule has 0 amide bonds. The summed E-state index contributed by atoms with van der Waals surface area (Å²) in [6, 6.07) is 0. The summed E-state index contributed by atoms with van der Waals surface area (Å²) in [7, 11) is 0. The third kappa shape index (κ3) is 2.33. The molecule has 1 fully saturated rings. The maximum absolute atomic E-state index is 10.7. The number of hydrogen-bond donors (Lipinski definition) is 1. The Kier molecular flexibility index (Phi) is 2.68. The Bertz CT molecular complexity index is 363. The van der Waals surface area contributed by atoms with Gasteiger partial charge in [0.25, 0.3) is 0 Å². The highest BCUT2D eigenvalue weighted by Gasteiger charge is 2.28. The number of carboxylic acids is 1. The van der Waals surface area contributed by atoms with Crippen molar-refractivity contribution in [2.75, 3.05) is 13.1 Å². The van der Waals surface area contributed by atoms with E-state index >= 15 is 0 Å². The number of carboxylic acid groups (broad SMARTS) is 1. The average Bonchev–Trinajstić information content (AvgIpc) is 2.76. The molecule has 1 aromatic rings. The van der Waals surface area contributed by atoms with Crippen molar-refractivity contribution in [3.05, 3.63) is 11.7 Å². The Labute approximate surface area is 86.9 Å². The summed E-state index contributed by atoms with van der Waals surface area (Å²) in [6.45, 7) is 3.65. The van der Waals surface area contributed by atoms with Gasteiger partial charge in [0.05, 0.1) is 12.5 Å². The van der Waals surface area contributed by atoms with E-state index in [-0.39, 0.29) is 5.92 Å². The predicted octanol–water partition coefficient (Wildman–Crippen LogP) is 0.285. The second-order valence-corrected chi connectivity index (χ2v) is 3.79. The summed E-state index contributed by atoms with van der Waals surface area (Å²) in [5.74, 6) is 0.186. The highest BCUT2D eigenvalue weighted by atomic mass is 16.5. The van der Waals surface area contributed by atoms with Gasteiger partial charge in [-0.05, 0) is 19.9 Å². The van der Waals surface area contributed by atoms with Crippen molar-refractivity contribution in [3.63, 3.8) is 0 Å². The van der Waals surface area contributed by atoms with E-state index in [1.807, 2.05) is 4.90 Å². The maximum Gasteiger partial charge on any atom is 0.307 e. The predicted molar refractivity (Wildman–Crippen MR) is 50.1 cm³/mol. The highest BCUT2D eigenvalue weighted by molar-refractivity contribution is 5.70. The molecular formula is C9H13N3O3. The summed E-state index contributed by atoms with van der Waals surface area (Å²) in [5, 5.41) is 12.5. The van der Waals surface area contributed by atoms with Crippen LogP contribution in [0.1, 0.15) is 18.1 Å². The molecule has 1 atom stereocenters. The molecule has 1 aliphatic heterocycles. The first-order valence-electron chi connectivity index (χ1n) is 4.89. The van der Waals surface area contributed by atoms with Crippen molar-refractivity contribution >= 4 is 5.97 Å². The van der Waals surface area contributed by atoms with Gasteiger partial charge in [-0.15, -0.1) is 0 Å². The third-order valence-electron chi connectivity index (χ3n) is 2.55. The largest absolute Gasteiger partial charge is 0.481 e. The fourth-order valence-corrected chi connectivity index (χ4v) is 1.77. The lowest BCUT2D eigenvalue weighted by Crippen LogP contribution is -2.22. The minimum absolute atomic E-state index is 0.256. The van der Waals surface area contributed by atoms with E-state index in [2.05, 4.69) is 10.1 Å². The molecular weight excluding hydrogens is 198 g/mol. The second-order valence-electron chi connectivity index (χ2n) is 3.79. The van der Waals surface area contributed by atoms with Gasteiger partial charge >= 0.3 is 5.97 Å². The molecule has 2 heterocycles. The summed E-state index contributed by atoms with van der Waals surface area (Å²) in [5.41, 5.74) is 0. The summed E-state index contributed by atoms with van der Waals surface area (Å²) >= 11 is 0. The van der Waals surface area contributed by atoms with Gasteiger partial charge < -0.3 is 9.63 Å². The molecule has 1 aliphatic rings. The molecule has 0 aromatic carbocycles. The van der Waals surface area contributed by atoms with E-state index < -0.39 is 5.97 Å². The van der Waals surface area contributed by atoms with Crippen molar-refractivity contribution < 1.29 is 14.4 Å². The van der Waals surface area contributed by atoms with Crippen LogP contribution >= 0.6 is 0 Å². The molecule has 0 radical (unpaired) electrons. The van der Waals surface area contributed by atoms with Crippen molar-refractivity contribution in [1.82, 2.24) is 15.0 Å². The average molecular weight is 211 g/mol. The standard InChI is InChI=1S/C9H13N3O3/c1-6-10-8(15-11-6)5-12-3-2-7(4-12)9(13)14/h7H,2-5H2,1H3,(H,13,14). The topological polar surface area (TPSA) is 79.5 Å². The molecule has 0 aliphatic carbocycles. The van der Waals surface area contributed by atoms with Crippen molar-refractivity contribution in [3.8, 4) is 0 Å². The van der Waals surface area contributed by atoms with Gasteiger partial charge in [-0.25, -0.2) is 0 Å². The summed E-state index contributed by atoms with van der Waals surface area (Å²) in [4.78, 5) is 16.8. The fourth-order valence-electron chi connectivity index (χ4n) is 1.77. The first-order chi connectivity index (χ1) is 7.15. The number of hydrogen-bond acceptors (Lipinski definition) is 5. The van der Waals surface area contributed by atoms with Gasteiger partial charge in [0, 0.05) is 6.54 Å². The molecule has 6 nitrogen and oxygen atoms in total. The second kappa shape index (κ2) is 3.98. The van der Waals surface area contributed by atoms with Crippen LogP contribution < -0.4 is 0 Å². The van der Waals surface area contributed by atoms with Gasteiger partial charge in [0.1, 0.15) is 0 Å². The lowest BCUT2D eigenvalue weighted by atomic mass is 10.1. The number of aromatic nitrogens is 2. The molecule has 2 rings (SSSR count). The summed E-state index contributed by atoms with van der Waals surface area (Å²) < 4.78 is 4.97. The van der Waals surface area contributed by atoms with Crippen LogP contribution in [0.2, 0.25) is 0 Å². The molecule has 6 heteroatoms. The van der Waals surface area contributed by atoms with Crippen LogP contribution in [0.25, 0.3) is 0 Å². The number of carbonyl (C=O) groups is 1. The highest BCUT2D eigenvalue weighted by Crippen LogP contribution is 2.18. The van der Waals surface area contributed by atoms with Crippen LogP contribution in [-0.2, 0) is 11.3 Å². The molecule has 0 saturated carbocycles. The molecule has 0 bridgehead atoms. The van der Waals surface area contributed by atoms with Crippen molar-refractivity contribution in [2.45, 2.75) is 19.9 Å². The Morgan fingerprint density at radius 2 is 2.53 bits per heavy atom. The Hall–Kier alpha value is -1.43. The van der Waals surface area contributed by atoms with E-state index in [1.54, 1.807) is 6.92 Å². The van der Waals surface area contributed by atoms with Crippen molar-refractivity contribution in [2.24, 2.45) is 5.92 Å². The lowest BCUT2D eigenvalue weighted by Gasteiger charge is -2.11.